The lowest BCUT2D eigenvalue weighted by Gasteiger charge is -2.11. The molecule has 0 saturated carbocycles. The molecule has 2 rings (SSSR count). The van der Waals surface area contributed by atoms with Crippen molar-refractivity contribution in [2.75, 3.05) is 19.0 Å². The van der Waals surface area contributed by atoms with Gasteiger partial charge in [0.2, 0.25) is 5.91 Å². The average molecular weight is 388 g/mol. The Morgan fingerprint density at radius 1 is 1.15 bits per heavy atom. The van der Waals surface area contributed by atoms with E-state index in [0.29, 0.717) is 23.1 Å². The maximum Gasteiger partial charge on any atom is 0.248 e. The van der Waals surface area contributed by atoms with Crippen molar-refractivity contribution in [1.82, 2.24) is 0 Å². The zero-order valence-corrected chi connectivity index (χ0v) is 16.8. The summed E-state index contributed by atoms with van der Waals surface area (Å²) >= 11 is 5.93. The highest BCUT2D eigenvalue weighted by atomic mass is 35.5. The SMILES string of the molecule is CCCCCOc1ccc(C=CC(=O)Nc2ccc(Cl)cc2C)cc1OC. The number of unbranched alkanes of at least 4 members (excludes halogenated alkanes) is 2. The van der Waals surface area contributed by atoms with Gasteiger partial charge in [-0.1, -0.05) is 37.4 Å². The summed E-state index contributed by atoms with van der Waals surface area (Å²) < 4.78 is 11.2. The van der Waals surface area contributed by atoms with Gasteiger partial charge >= 0.3 is 0 Å². The highest BCUT2D eigenvalue weighted by Gasteiger charge is 2.06. The van der Waals surface area contributed by atoms with E-state index in [-0.39, 0.29) is 5.91 Å². The van der Waals surface area contributed by atoms with Crippen LogP contribution in [0.25, 0.3) is 6.08 Å². The van der Waals surface area contributed by atoms with E-state index in [2.05, 4.69) is 12.2 Å². The van der Waals surface area contributed by atoms with E-state index in [9.17, 15) is 4.79 Å². The number of halogens is 1. The van der Waals surface area contributed by atoms with E-state index in [4.69, 9.17) is 21.1 Å². The molecule has 27 heavy (non-hydrogen) atoms. The molecule has 0 saturated heterocycles. The van der Waals surface area contributed by atoms with Gasteiger partial charge in [-0.05, 0) is 60.9 Å². The molecule has 0 fully saturated rings. The first-order valence-corrected chi connectivity index (χ1v) is 9.47. The van der Waals surface area contributed by atoms with Crippen LogP contribution >= 0.6 is 11.6 Å². The Labute approximate surface area is 166 Å². The molecule has 0 bridgehead atoms. The fourth-order valence-electron chi connectivity index (χ4n) is 2.55. The minimum absolute atomic E-state index is 0.209. The predicted octanol–water partition coefficient (Wildman–Crippen LogP) is 5.88. The third-order valence-corrected chi connectivity index (χ3v) is 4.30. The molecule has 0 aliphatic carbocycles. The summed E-state index contributed by atoms with van der Waals surface area (Å²) in [6.07, 6.45) is 6.55. The summed E-state index contributed by atoms with van der Waals surface area (Å²) in [7, 11) is 1.61. The second kappa shape index (κ2) is 10.6. The van der Waals surface area contributed by atoms with Crippen LogP contribution in [0, 0.1) is 6.92 Å². The summed E-state index contributed by atoms with van der Waals surface area (Å²) in [5.74, 6) is 1.16. The topological polar surface area (TPSA) is 47.6 Å². The van der Waals surface area contributed by atoms with Crippen molar-refractivity contribution in [2.45, 2.75) is 33.1 Å². The van der Waals surface area contributed by atoms with E-state index in [1.165, 1.54) is 6.08 Å². The van der Waals surface area contributed by atoms with Crippen molar-refractivity contribution in [3.05, 3.63) is 58.6 Å². The Bertz CT molecular complexity index is 802. The van der Waals surface area contributed by atoms with Gasteiger partial charge in [0.25, 0.3) is 0 Å². The van der Waals surface area contributed by atoms with Crippen LogP contribution in [0.3, 0.4) is 0 Å². The number of anilines is 1. The number of rotatable bonds is 9. The monoisotopic (exact) mass is 387 g/mol. The maximum atomic E-state index is 12.2. The Kier molecular flexibility index (Phi) is 8.21. The molecule has 1 N–H and O–H groups in total. The molecule has 0 spiro atoms. The molecule has 0 aromatic heterocycles. The molecule has 5 heteroatoms. The Hall–Kier alpha value is -2.46. The first-order valence-electron chi connectivity index (χ1n) is 9.09. The smallest absolute Gasteiger partial charge is 0.248 e. The molecule has 0 unspecified atom stereocenters. The van der Waals surface area contributed by atoms with E-state index in [1.807, 2.05) is 31.2 Å². The van der Waals surface area contributed by atoms with Crippen LogP contribution in [0.15, 0.2) is 42.5 Å². The molecular formula is C22H26ClNO3. The molecular weight excluding hydrogens is 362 g/mol. The van der Waals surface area contributed by atoms with Crippen molar-refractivity contribution < 1.29 is 14.3 Å². The van der Waals surface area contributed by atoms with Crippen LogP contribution in [-0.2, 0) is 4.79 Å². The fourth-order valence-corrected chi connectivity index (χ4v) is 2.78. The van der Waals surface area contributed by atoms with Crippen LogP contribution in [0.4, 0.5) is 5.69 Å². The molecule has 0 heterocycles. The van der Waals surface area contributed by atoms with Gasteiger partial charge in [-0.2, -0.15) is 0 Å². The van der Waals surface area contributed by atoms with E-state index < -0.39 is 0 Å². The number of carbonyl (C=O) groups is 1. The van der Waals surface area contributed by atoms with Crippen molar-refractivity contribution in [1.29, 1.82) is 0 Å². The number of amides is 1. The maximum absolute atomic E-state index is 12.2. The highest BCUT2D eigenvalue weighted by molar-refractivity contribution is 6.30. The van der Waals surface area contributed by atoms with Crippen molar-refractivity contribution in [2.24, 2.45) is 0 Å². The van der Waals surface area contributed by atoms with Gasteiger partial charge in [-0.25, -0.2) is 0 Å². The number of carbonyl (C=O) groups excluding carboxylic acids is 1. The van der Waals surface area contributed by atoms with Crippen molar-refractivity contribution in [3.8, 4) is 11.5 Å². The molecule has 0 radical (unpaired) electrons. The lowest BCUT2D eigenvalue weighted by atomic mass is 10.1. The summed E-state index contributed by atoms with van der Waals surface area (Å²) in [6, 6.07) is 11.0. The van der Waals surface area contributed by atoms with Crippen LogP contribution in [0.2, 0.25) is 5.02 Å². The number of aryl methyl sites for hydroxylation is 1. The van der Waals surface area contributed by atoms with Gasteiger partial charge in [0, 0.05) is 16.8 Å². The van der Waals surface area contributed by atoms with Crippen molar-refractivity contribution in [3.63, 3.8) is 0 Å². The minimum atomic E-state index is -0.209. The number of hydrogen-bond acceptors (Lipinski definition) is 3. The zero-order chi connectivity index (χ0) is 19.6. The van der Waals surface area contributed by atoms with Crippen LogP contribution in [0.1, 0.15) is 37.3 Å². The second-order valence-electron chi connectivity index (χ2n) is 6.25. The van der Waals surface area contributed by atoms with E-state index >= 15 is 0 Å². The van der Waals surface area contributed by atoms with Gasteiger partial charge in [-0.15, -0.1) is 0 Å². The zero-order valence-electron chi connectivity index (χ0n) is 16.0. The van der Waals surface area contributed by atoms with Crippen LogP contribution in [0.5, 0.6) is 11.5 Å². The molecule has 2 aromatic carbocycles. The number of hydrogen-bond donors (Lipinski definition) is 1. The Balaban J connectivity index is 1.99. The average Bonchev–Trinajstić information content (AvgIpc) is 2.66. The van der Waals surface area contributed by atoms with Crippen molar-refractivity contribution >= 4 is 29.3 Å². The quantitative estimate of drug-likeness (QED) is 0.431. The lowest BCUT2D eigenvalue weighted by Crippen LogP contribution is -2.08. The van der Waals surface area contributed by atoms with Gasteiger partial charge in [0.05, 0.1) is 13.7 Å². The van der Waals surface area contributed by atoms with E-state index in [1.54, 1.807) is 25.3 Å². The van der Waals surface area contributed by atoms with Gasteiger partial charge < -0.3 is 14.8 Å². The molecule has 144 valence electrons. The Morgan fingerprint density at radius 2 is 1.96 bits per heavy atom. The molecule has 0 aliphatic heterocycles. The lowest BCUT2D eigenvalue weighted by molar-refractivity contribution is -0.111. The largest absolute Gasteiger partial charge is 0.493 e. The van der Waals surface area contributed by atoms with Crippen LogP contribution < -0.4 is 14.8 Å². The molecule has 0 aliphatic rings. The first kappa shape index (κ1) is 20.8. The second-order valence-corrected chi connectivity index (χ2v) is 6.68. The third kappa shape index (κ3) is 6.65. The van der Waals surface area contributed by atoms with Gasteiger partial charge in [0.15, 0.2) is 11.5 Å². The Morgan fingerprint density at radius 3 is 2.67 bits per heavy atom. The highest BCUT2D eigenvalue weighted by Crippen LogP contribution is 2.29. The molecule has 4 nitrogen and oxygen atoms in total. The standard InChI is InChI=1S/C22H26ClNO3/c1-4-5-6-13-27-20-11-7-17(15-21(20)26-3)8-12-22(25)24-19-10-9-18(23)14-16(19)2/h7-12,14-15H,4-6,13H2,1-3H3,(H,24,25). The molecule has 2 aromatic rings. The normalized spacial score (nSPS) is 10.8. The summed E-state index contributed by atoms with van der Waals surface area (Å²) in [5.41, 5.74) is 2.51. The number of methoxy groups -OCH3 is 1. The third-order valence-electron chi connectivity index (χ3n) is 4.07. The van der Waals surface area contributed by atoms with E-state index in [0.717, 1.165) is 36.1 Å². The first-order chi connectivity index (χ1) is 13.0. The fraction of sp³-hybridized carbons (Fsp3) is 0.318. The summed E-state index contributed by atoms with van der Waals surface area (Å²) in [6.45, 7) is 4.73. The predicted molar refractivity (Wildman–Crippen MR) is 112 cm³/mol. The minimum Gasteiger partial charge on any atom is -0.493 e. The molecule has 0 atom stereocenters. The van der Waals surface area contributed by atoms with Crippen LogP contribution in [-0.4, -0.2) is 19.6 Å². The van der Waals surface area contributed by atoms with Gasteiger partial charge in [0.1, 0.15) is 0 Å². The van der Waals surface area contributed by atoms with Gasteiger partial charge in [-0.3, -0.25) is 4.79 Å². The summed E-state index contributed by atoms with van der Waals surface area (Å²) in [5, 5.41) is 3.49. The number of benzene rings is 2. The summed E-state index contributed by atoms with van der Waals surface area (Å²) in [4.78, 5) is 12.2. The number of ether oxygens (including phenoxy) is 2. The molecule has 1 amide bonds. The number of nitrogens with one attached hydrogen (secondary N) is 1.